The molecule has 0 radical (unpaired) electrons. The monoisotopic (exact) mass is 216 g/mol. The largest absolute Gasteiger partial charge is 0.465 e. The Morgan fingerprint density at radius 2 is 2.20 bits per heavy atom. The lowest BCUT2D eigenvalue weighted by Crippen LogP contribution is -2.39. The van der Waals surface area contributed by atoms with Crippen LogP contribution in [0.1, 0.15) is 19.8 Å². The van der Waals surface area contributed by atoms with Gasteiger partial charge >= 0.3 is 6.09 Å². The average Bonchev–Trinajstić information content (AvgIpc) is 2.25. The number of nitrogens with one attached hydrogen (secondary N) is 1. The fourth-order valence-electron chi connectivity index (χ4n) is 1.77. The smallest absolute Gasteiger partial charge is 0.404 e. The van der Waals surface area contributed by atoms with E-state index in [1.54, 1.807) is 0 Å². The van der Waals surface area contributed by atoms with Gasteiger partial charge in [0.05, 0.1) is 6.73 Å². The second-order valence-electron chi connectivity index (χ2n) is 3.87. The lowest BCUT2D eigenvalue weighted by molar-refractivity contribution is 0.0167. The van der Waals surface area contributed by atoms with Crippen LogP contribution in [0, 0.1) is 5.92 Å². The molecular formula is C10H20N2O3. The standard InChI is InChI=1S/C10H20N2O3/c1-2-15-8-12-5-3-9(4-6-12)7-11-10(13)14/h9,11H,2-8H2,1H3,(H,13,14). The third-order valence-corrected chi connectivity index (χ3v) is 2.73. The van der Waals surface area contributed by atoms with Gasteiger partial charge in [0.15, 0.2) is 0 Å². The molecule has 5 nitrogen and oxygen atoms in total. The van der Waals surface area contributed by atoms with Gasteiger partial charge in [-0.3, -0.25) is 4.90 Å². The lowest BCUT2D eigenvalue weighted by atomic mass is 9.97. The predicted octanol–water partition coefficient (Wildman–Crippen LogP) is 0.960. The molecule has 2 N–H and O–H groups in total. The number of hydrogen-bond donors (Lipinski definition) is 2. The number of likely N-dealkylation sites (tertiary alicyclic amines) is 1. The molecule has 0 aromatic rings. The third-order valence-electron chi connectivity index (χ3n) is 2.73. The van der Waals surface area contributed by atoms with E-state index in [4.69, 9.17) is 9.84 Å². The minimum absolute atomic E-state index is 0.485. The molecule has 1 fully saturated rings. The summed E-state index contributed by atoms with van der Waals surface area (Å²) in [5.41, 5.74) is 0. The summed E-state index contributed by atoms with van der Waals surface area (Å²) in [5, 5.41) is 10.9. The van der Waals surface area contributed by atoms with E-state index >= 15 is 0 Å². The number of ether oxygens (including phenoxy) is 1. The first-order valence-corrected chi connectivity index (χ1v) is 5.49. The van der Waals surface area contributed by atoms with E-state index in [1.807, 2.05) is 6.92 Å². The van der Waals surface area contributed by atoms with Gasteiger partial charge in [-0.15, -0.1) is 0 Å². The molecule has 5 heteroatoms. The zero-order chi connectivity index (χ0) is 11.1. The highest BCUT2D eigenvalue weighted by Crippen LogP contribution is 2.15. The summed E-state index contributed by atoms with van der Waals surface area (Å²) in [6.45, 7) is 6.04. The topological polar surface area (TPSA) is 61.8 Å². The highest BCUT2D eigenvalue weighted by Gasteiger charge is 2.19. The van der Waals surface area contributed by atoms with Crippen molar-refractivity contribution in [3.63, 3.8) is 0 Å². The fraction of sp³-hybridized carbons (Fsp3) is 0.900. The first kappa shape index (κ1) is 12.3. The molecule has 0 bridgehead atoms. The number of carbonyl (C=O) groups is 1. The number of rotatable bonds is 5. The normalized spacial score (nSPS) is 19.0. The maximum absolute atomic E-state index is 10.3. The van der Waals surface area contributed by atoms with Gasteiger partial charge in [0.25, 0.3) is 0 Å². The summed E-state index contributed by atoms with van der Waals surface area (Å²) in [7, 11) is 0. The quantitative estimate of drug-likeness (QED) is 0.718. The van der Waals surface area contributed by atoms with Crippen LogP contribution in [0.15, 0.2) is 0 Å². The van der Waals surface area contributed by atoms with Gasteiger partial charge < -0.3 is 15.2 Å². The summed E-state index contributed by atoms with van der Waals surface area (Å²) >= 11 is 0. The SMILES string of the molecule is CCOCN1CCC(CNC(=O)O)CC1. The van der Waals surface area contributed by atoms with E-state index < -0.39 is 6.09 Å². The molecule has 88 valence electrons. The lowest BCUT2D eigenvalue weighted by Gasteiger charge is -2.31. The second kappa shape index (κ2) is 6.63. The van der Waals surface area contributed by atoms with Crippen LogP contribution in [0.2, 0.25) is 0 Å². The summed E-state index contributed by atoms with van der Waals surface area (Å²) in [6, 6.07) is 0. The second-order valence-corrected chi connectivity index (χ2v) is 3.87. The molecule has 1 saturated heterocycles. The van der Waals surface area contributed by atoms with Crippen LogP contribution in [-0.4, -0.2) is 49.1 Å². The molecule has 1 aliphatic heterocycles. The Kier molecular flexibility index (Phi) is 5.42. The predicted molar refractivity (Wildman–Crippen MR) is 56.8 cm³/mol. The van der Waals surface area contributed by atoms with Gasteiger partial charge in [-0.2, -0.15) is 0 Å². The molecule has 15 heavy (non-hydrogen) atoms. The molecule has 1 heterocycles. The van der Waals surface area contributed by atoms with Crippen LogP contribution in [0.3, 0.4) is 0 Å². The molecule has 0 atom stereocenters. The number of hydrogen-bond acceptors (Lipinski definition) is 3. The van der Waals surface area contributed by atoms with Gasteiger partial charge in [-0.05, 0) is 25.7 Å². The van der Waals surface area contributed by atoms with E-state index in [9.17, 15) is 4.79 Å². The third kappa shape index (κ3) is 4.99. The van der Waals surface area contributed by atoms with Crippen molar-refractivity contribution < 1.29 is 14.6 Å². The maximum Gasteiger partial charge on any atom is 0.404 e. The average molecular weight is 216 g/mol. The molecule has 0 saturated carbocycles. The van der Waals surface area contributed by atoms with Crippen LogP contribution in [0.4, 0.5) is 4.79 Å². The Balaban J connectivity index is 2.09. The van der Waals surface area contributed by atoms with Crippen LogP contribution >= 0.6 is 0 Å². The van der Waals surface area contributed by atoms with Crippen LogP contribution in [0.25, 0.3) is 0 Å². The molecule has 0 spiro atoms. The summed E-state index contributed by atoms with van der Waals surface area (Å²) in [6.07, 6.45) is 1.17. The highest BCUT2D eigenvalue weighted by atomic mass is 16.5. The van der Waals surface area contributed by atoms with E-state index in [2.05, 4.69) is 10.2 Å². The van der Waals surface area contributed by atoms with Gasteiger partial charge in [-0.1, -0.05) is 0 Å². The molecule has 1 amide bonds. The van der Waals surface area contributed by atoms with Crippen molar-refractivity contribution >= 4 is 6.09 Å². The Hall–Kier alpha value is -0.810. The van der Waals surface area contributed by atoms with Gasteiger partial charge in [0, 0.05) is 26.2 Å². The summed E-state index contributed by atoms with van der Waals surface area (Å²) < 4.78 is 5.32. The van der Waals surface area contributed by atoms with E-state index in [0.717, 1.165) is 32.5 Å². The van der Waals surface area contributed by atoms with Crippen LogP contribution < -0.4 is 5.32 Å². The number of nitrogens with zero attached hydrogens (tertiary/aromatic N) is 1. The molecule has 1 rings (SSSR count). The minimum atomic E-state index is -0.924. The number of amides is 1. The molecule has 0 aromatic heterocycles. The first-order valence-electron chi connectivity index (χ1n) is 5.49. The molecular weight excluding hydrogens is 196 g/mol. The Morgan fingerprint density at radius 1 is 1.53 bits per heavy atom. The van der Waals surface area contributed by atoms with Crippen LogP contribution in [0.5, 0.6) is 0 Å². The fourth-order valence-corrected chi connectivity index (χ4v) is 1.77. The maximum atomic E-state index is 10.3. The number of carboxylic acid groups (broad SMARTS) is 1. The van der Waals surface area contributed by atoms with Crippen molar-refractivity contribution in [1.82, 2.24) is 10.2 Å². The summed E-state index contributed by atoms with van der Waals surface area (Å²) in [4.78, 5) is 12.6. The van der Waals surface area contributed by atoms with Gasteiger partial charge in [0.1, 0.15) is 0 Å². The van der Waals surface area contributed by atoms with Crippen molar-refractivity contribution in [3.05, 3.63) is 0 Å². The van der Waals surface area contributed by atoms with Crippen molar-refractivity contribution in [2.45, 2.75) is 19.8 Å². The van der Waals surface area contributed by atoms with Crippen LogP contribution in [-0.2, 0) is 4.74 Å². The molecule has 0 aromatic carbocycles. The Morgan fingerprint density at radius 3 is 2.73 bits per heavy atom. The Bertz CT molecular complexity index is 191. The molecule has 0 unspecified atom stereocenters. The van der Waals surface area contributed by atoms with Gasteiger partial charge in [-0.25, -0.2) is 4.79 Å². The van der Waals surface area contributed by atoms with E-state index in [0.29, 0.717) is 19.2 Å². The van der Waals surface area contributed by atoms with Gasteiger partial charge in [0.2, 0.25) is 0 Å². The molecule has 1 aliphatic rings. The molecule has 0 aliphatic carbocycles. The Labute approximate surface area is 90.4 Å². The highest BCUT2D eigenvalue weighted by molar-refractivity contribution is 5.64. The van der Waals surface area contributed by atoms with Crippen molar-refractivity contribution in [2.75, 3.05) is 33.0 Å². The zero-order valence-electron chi connectivity index (χ0n) is 9.24. The first-order chi connectivity index (χ1) is 7.22. The van der Waals surface area contributed by atoms with Crippen molar-refractivity contribution in [2.24, 2.45) is 5.92 Å². The summed E-state index contributed by atoms with van der Waals surface area (Å²) in [5.74, 6) is 0.485. The van der Waals surface area contributed by atoms with Crippen molar-refractivity contribution in [1.29, 1.82) is 0 Å². The number of piperidine rings is 1. The van der Waals surface area contributed by atoms with Crippen molar-refractivity contribution in [3.8, 4) is 0 Å². The zero-order valence-corrected chi connectivity index (χ0v) is 9.24. The van der Waals surface area contributed by atoms with E-state index in [1.165, 1.54) is 0 Å². The minimum Gasteiger partial charge on any atom is -0.465 e. The van der Waals surface area contributed by atoms with E-state index in [-0.39, 0.29) is 0 Å².